The number of rotatable bonds is 2. The summed E-state index contributed by atoms with van der Waals surface area (Å²) in [5, 5.41) is 0. The van der Waals surface area contributed by atoms with E-state index in [0.717, 1.165) is 5.69 Å². The summed E-state index contributed by atoms with van der Waals surface area (Å²) in [7, 11) is 0. The maximum Gasteiger partial charge on any atom is 0.0410 e. The minimum atomic E-state index is 0. The molecule has 0 aliphatic heterocycles. The van der Waals surface area contributed by atoms with E-state index in [9.17, 15) is 0 Å². The first-order valence-electron chi connectivity index (χ1n) is 5.25. The Kier molecular flexibility index (Phi) is 4.69. The predicted molar refractivity (Wildman–Crippen MR) is 73.3 cm³/mol. The third-order valence-electron chi connectivity index (χ3n) is 2.81. The Morgan fingerprint density at radius 1 is 1.00 bits per heavy atom. The van der Waals surface area contributed by atoms with Crippen molar-refractivity contribution in [2.45, 2.75) is 19.8 Å². The molecule has 0 saturated carbocycles. The first-order valence-corrected chi connectivity index (χ1v) is 5.25. The monoisotopic (exact) mass is 277 g/mol. The molecule has 1 atom stereocenters. The number of hydrogen-bond acceptors (Lipinski definition) is 1. The van der Waals surface area contributed by atoms with E-state index in [4.69, 9.17) is 0 Å². The Balaban J connectivity index is 0.00000128. The van der Waals surface area contributed by atoms with E-state index >= 15 is 0 Å². The van der Waals surface area contributed by atoms with Gasteiger partial charge in [-0.3, -0.25) is 4.98 Å². The highest BCUT2D eigenvalue weighted by Crippen LogP contribution is 2.24. The molecule has 0 N–H and O–H groups in total. The molecular weight excluding hydrogens is 262 g/mol. The normalized spacial score (nSPS) is 11.6. The minimum absolute atomic E-state index is 0. The third-order valence-corrected chi connectivity index (χ3v) is 2.81. The van der Waals surface area contributed by atoms with Crippen LogP contribution in [-0.2, 0) is 0 Å². The number of aromatic nitrogens is 1. The molecule has 1 nitrogen and oxygen atoms in total. The Bertz CT molecular complexity index is 439. The van der Waals surface area contributed by atoms with Crippen LogP contribution in [0, 0.1) is 6.92 Å². The van der Waals surface area contributed by atoms with Gasteiger partial charge in [0.25, 0.3) is 0 Å². The van der Waals surface area contributed by atoms with Gasteiger partial charge in [-0.2, -0.15) is 0 Å². The van der Waals surface area contributed by atoms with Crippen LogP contribution in [-0.4, -0.2) is 4.98 Å². The number of halogens is 1. The summed E-state index contributed by atoms with van der Waals surface area (Å²) < 4.78 is 0. The SMILES string of the molecule is Br.Cc1ncccc1C(C)c1ccccc1. The molecule has 0 radical (unpaired) electrons. The van der Waals surface area contributed by atoms with Crippen LogP contribution in [0.25, 0.3) is 0 Å². The Morgan fingerprint density at radius 2 is 1.69 bits per heavy atom. The van der Waals surface area contributed by atoms with Crippen molar-refractivity contribution in [1.82, 2.24) is 4.98 Å². The number of pyridine rings is 1. The number of benzene rings is 1. The Hall–Kier alpha value is -1.15. The topological polar surface area (TPSA) is 12.9 Å². The molecule has 16 heavy (non-hydrogen) atoms. The second-order valence-corrected chi connectivity index (χ2v) is 3.81. The summed E-state index contributed by atoms with van der Waals surface area (Å²) >= 11 is 0. The van der Waals surface area contributed by atoms with Gasteiger partial charge < -0.3 is 0 Å². The fraction of sp³-hybridized carbons (Fsp3) is 0.214. The fourth-order valence-corrected chi connectivity index (χ4v) is 1.88. The number of aryl methyl sites for hydroxylation is 1. The predicted octanol–water partition coefficient (Wildman–Crippen LogP) is 4.12. The van der Waals surface area contributed by atoms with Crippen molar-refractivity contribution in [3.05, 3.63) is 65.5 Å². The van der Waals surface area contributed by atoms with E-state index in [1.54, 1.807) is 0 Å². The van der Waals surface area contributed by atoms with Crippen LogP contribution >= 0.6 is 17.0 Å². The molecule has 1 heterocycles. The average Bonchev–Trinajstić information content (AvgIpc) is 2.30. The molecule has 0 fully saturated rings. The summed E-state index contributed by atoms with van der Waals surface area (Å²) in [4.78, 5) is 4.33. The molecule has 0 amide bonds. The molecule has 0 aliphatic rings. The van der Waals surface area contributed by atoms with Gasteiger partial charge in [0.15, 0.2) is 0 Å². The maximum absolute atomic E-state index is 4.33. The molecule has 2 rings (SSSR count). The van der Waals surface area contributed by atoms with Crippen LogP contribution in [0.5, 0.6) is 0 Å². The first kappa shape index (κ1) is 12.9. The standard InChI is InChI=1S/C14H15N.BrH/c1-11(13-7-4-3-5-8-13)14-9-6-10-15-12(14)2;/h3-11H,1-2H3;1H. The van der Waals surface area contributed by atoms with Crippen LogP contribution in [0.1, 0.15) is 29.7 Å². The average molecular weight is 278 g/mol. The molecular formula is C14H16BrN. The smallest absolute Gasteiger partial charge is 0.0410 e. The van der Waals surface area contributed by atoms with Crippen LogP contribution in [0.3, 0.4) is 0 Å². The van der Waals surface area contributed by atoms with Crippen molar-refractivity contribution >= 4 is 17.0 Å². The van der Waals surface area contributed by atoms with E-state index in [1.165, 1.54) is 11.1 Å². The van der Waals surface area contributed by atoms with Gasteiger partial charge in [0.05, 0.1) is 0 Å². The van der Waals surface area contributed by atoms with Gasteiger partial charge in [-0.25, -0.2) is 0 Å². The third kappa shape index (κ3) is 2.70. The van der Waals surface area contributed by atoms with Crippen LogP contribution < -0.4 is 0 Å². The van der Waals surface area contributed by atoms with Crippen LogP contribution in [0.4, 0.5) is 0 Å². The molecule has 84 valence electrons. The molecule has 0 spiro atoms. The molecule has 1 aromatic heterocycles. The highest BCUT2D eigenvalue weighted by molar-refractivity contribution is 8.93. The zero-order valence-electron chi connectivity index (χ0n) is 9.55. The van der Waals surface area contributed by atoms with Crippen molar-refractivity contribution in [2.75, 3.05) is 0 Å². The van der Waals surface area contributed by atoms with Gasteiger partial charge in [-0.05, 0) is 24.1 Å². The molecule has 1 unspecified atom stereocenters. The van der Waals surface area contributed by atoms with Gasteiger partial charge in [0.2, 0.25) is 0 Å². The zero-order chi connectivity index (χ0) is 10.7. The van der Waals surface area contributed by atoms with E-state index < -0.39 is 0 Å². The van der Waals surface area contributed by atoms with Gasteiger partial charge in [-0.15, -0.1) is 17.0 Å². The van der Waals surface area contributed by atoms with Gasteiger partial charge >= 0.3 is 0 Å². The van der Waals surface area contributed by atoms with Crippen molar-refractivity contribution in [3.8, 4) is 0 Å². The van der Waals surface area contributed by atoms with Gasteiger partial charge in [0, 0.05) is 17.8 Å². The summed E-state index contributed by atoms with van der Waals surface area (Å²) in [5.41, 5.74) is 3.77. The van der Waals surface area contributed by atoms with Gasteiger partial charge in [-0.1, -0.05) is 43.3 Å². The highest BCUT2D eigenvalue weighted by atomic mass is 79.9. The summed E-state index contributed by atoms with van der Waals surface area (Å²) in [6.07, 6.45) is 1.84. The van der Waals surface area contributed by atoms with E-state index in [1.807, 2.05) is 18.3 Å². The number of nitrogens with zero attached hydrogens (tertiary/aromatic N) is 1. The minimum Gasteiger partial charge on any atom is -0.261 e. The highest BCUT2D eigenvalue weighted by Gasteiger charge is 2.09. The molecule has 0 saturated heterocycles. The number of hydrogen-bond donors (Lipinski definition) is 0. The first-order chi connectivity index (χ1) is 7.29. The lowest BCUT2D eigenvalue weighted by molar-refractivity contribution is 0.892. The molecule has 1 aromatic carbocycles. The molecule has 0 aliphatic carbocycles. The van der Waals surface area contributed by atoms with E-state index in [0.29, 0.717) is 5.92 Å². The Morgan fingerprint density at radius 3 is 2.31 bits per heavy atom. The second kappa shape index (κ2) is 5.80. The fourth-order valence-electron chi connectivity index (χ4n) is 1.88. The van der Waals surface area contributed by atoms with Crippen molar-refractivity contribution in [2.24, 2.45) is 0 Å². The van der Waals surface area contributed by atoms with Crippen LogP contribution in [0.15, 0.2) is 48.7 Å². The molecule has 0 bridgehead atoms. The summed E-state index contributed by atoms with van der Waals surface area (Å²) in [6, 6.07) is 14.7. The molecule has 2 aromatic rings. The van der Waals surface area contributed by atoms with Crippen molar-refractivity contribution in [1.29, 1.82) is 0 Å². The lowest BCUT2D eigenvalue weighted by Crippen LogP contribution is -1.99. The van der Waals surface area contributed by atoms with E-state index in [-0.39, 0.29) is 17.0 Å². The lowest BCUT2D eigenvalue weighted by atomic mass is 9.92. The maximum atomic E-state index is 4.33. The van der Waals surface area contributed by atoms with Gasteiger partial charge in [0.1, 0.15) is 0 Å². The van der Waals surface area contributed by atoms with Crippen LogP contribution in [0.2, 0.25) is 0 Å². The van der Waals surface area contributed by atoms with E-state index in [2.05, 4.69) is 49.2 Å². The van der Waals surface area contributed by atoms with Crippen molar-refractivity contribution in [3.63, 3.8) is 0 Å². The summed E-state index contributed by atoms with van der Waals surface area (Å²) in [5.74, 6) is 0.417. The zero-order valence-corrected chi connectivity index (χ0v) is 11.3. The molecule has 2 heteroatoms. The van der Waals surface area contributed by atoms with Crippen molar-refractivity contribution < 1.29 is 0 Å². The quantitative estimate of drug-likeness (QED) is 0.805. The second-order valence-electron chi connectivity index (χ2n) is 3.81. The Labute approximate surface area is 107 Å². The largest absolute Gasteiger partial charge is 0.261 e. The lowest BCUT2D eigenvalue weighted by Gasteiger charge is -2.13. The summed E-state index contributed by atoms with van der Waals surface area (Å²) in [6.45, 7) is 4.29.